The molecule has 3 aliphatic rings. The molecule has 4 rings (SSSR count). The van der Waals surface area contributed by atoms with E-state index in [4.69, 9.17) is 9.47 Å². The fraction of sp³-hybridized carbons (Fsp3) is 0.741. The monoisotopic (exact) mass is 590 g/mol. The van der Waals surface area contributed by atoms with Crippen LogP contribution in [0.15, 0.2) is 18.2 Å². The molecular weight excluding hydrogens is 559 g/mol. The van der Waals surface area contributed by atoms with Crippen molar-refractivity contribution in [2.75, 3.05) is 19.8 Å². The van der Waals surface area contributed by atoms with E-state index in [2.05, 4.69) is 11.7 Å². The normalized spacial score (nSPS) is 28.9. The molecule has 226 valence electrons. The van der Waals surface area contributed by atoms with E-state index in [0.717, 1.165) is 32.1 Å². The van der Waals surface area contributed by atoms with Crippen molar-refractivity contribution < 1.29 is 58.5 Å². The second kappa shape index (κ2) is 11.0. The second-order valence-corrected chi connectivity index (χ2v) is 11.1. The molecule has 0 bridgehead atoms. The third-order valence-electron chi connectivity index (χ3n) is 9.05. The van der Waals surface area contributed by atoms with Crippen molar-refractivity contribution in [3.05, 3.63) is 29.3 Å². The van der Waals surface area contributed by atoms with Gasteiger partial charge in [-0.2, -0.15) is 39.5 Å². The van der Waals surface area contributed by atoms with Crippen molar-refractivity contribution in [1.29, 1.82) is 0 Å². The Balaban J connectivity index is 1.36. The van der Waals surface area contributed by atoms with Crippen LogP contribution < -0.4 is 4.74 Å². The number of ether oxygens (including phenoxy) is 3. The van der Waals surface area contributed by atoms with Crippen molar-refractivity contribution in [3.63, 3.8) is 0 Å². The Bertz CT molecular complexity index is 1020. The van der Waals surface area contributed by atoms with Crippen molar-refractivity contribution in [2.24, 2.45) is 17.3 Å². The molecule has 0 heterocycles. The van der Waals surface area contributed by atoms with Gasteiger partial charge in [0, 0.05) is 6.61 Å². The molecule has 3 aliphatic carbocycles. The van der Waals surface area contributed by atoms with E-state index in [1.165, 1.54) is 11.1 Å². The lowest BCUT2D eigenvalue weighted by molar-refractivity contribution is -0.457. The van der Waals surface area contributed by atoms with Gasteiger partial charge in [0.25, 0.3) is 0 Å². The van der Waals surface area contributed by atoms with Crippen LogP contribution in [0, 0.1) is 17.3 Å². The number of carbonyl (C=O) groups is 1. The highest BCUT2D eigenvalue weighted by atomic mass is 19.4. The lowest BCUT2D eigenvalue weighted by Gasteiger charge is -2.50. The minimum absolute atomic E-state index is 0.0212. The Hall–Kier alpha value is -2.02. The highest BCUT2D eigenvalue weighted by molar-refractivity contribution is 5.51. The molecule has 0 unspecified atom stereocenters. The van der Waals surface area contributed by atoms with E-state index in [1.807, 2.05) is 18.2 Å². The maximum Gasteiger partial charge on any atom is 0.435 e. The molecule has 5 atom stereocenters. The number of hydrogen-bond acceptors (Lipinski definition) is 4. The molecule has 0 saturated heterocycles. The van der Waals surface area contributed by atoms with Crippen LogP contribution in [-0.2, 0) is 20.7 Å². The van der Waals surface area contributed by atoms with E-state index in [-0.39, 0.29) is 24.7 Å². The van der Waals surface area contributed by atoms with Crippen LogP contribution in [-0.4, -0.2) is 56.3 Å². The van der Waals surface area contributed by atoms with E-state index in [0.29, 0.717) is 36.2 Å². The molecule has 0 spiro atoms. The molecule has 0 radical (unpaired) electrons. The Morgan fingerprint density at radius 2 is 1.60 bits per heavy atom. The van der Waals surface area contributed by atoms with E-state index in [9.17, 15) is 44.3 Å². The molecule has 2 saturated carbocycles. The zero-order valence-electron chi connectivity index (χ0n) is 21.7. The maximum atomic E-state index is 13.0. The van der Waals surface area contributed by atoms with E-state index in [1.54, 1.807) is 0 Å². The summed E-state index contributed by atoms with van der Waals surface area (Å²) in [4.78, 5) is 10.6. The van der Waals surface area contributed by atoms with Crippen molar-refractivity contribution in [1.82, 2.24) is 0 Å². The fourth-order valence-corrected chi connectivity index (χ4v) is 7.24. The zero-order valence-corrected chi connectivity index (χ0v) is 21.7. The first-order valence-corrected chi connectivity index (χ1v) is 13.2. The smallest absolute Gasteiger partial charge is 0.435 e. The average molecular weight is 591 g/mol. The number of benzene rings is 1. The van der Waals surface area contributed by atoms with Crippen molar-refractivity contribution in [3.8, 4) is 5.75 Å². The first-order valence-electron chi connectivity index (χ1n) is 13.2. The molecule has 0 aromatic heterocycles. The van der Waals surface area contributed by atoms with E-state index < -0.39 is 37.2 Å². The summed E-state index contributed by atoms with van der Waals surface area (Å²) in [5.41, 5.74) is -4.08. The minimum Gasteiger partial charge on any atom is -0.486 e. The van der Waals surface area contributed by atoms with Gasteiger partial charge < -0.3 is 14.2 Å². The summed E-state index contributed by atoms with van der Waals surface area (Å²) in [7, 11) is 0. The second-order valence-electron chi connectivity index (χ2n) is 11.1. The fourth-order valence-electron chi connectivity index (χ4n) is 7.24. The van der Waals surface area contributed by atoms with Crippen LogP contribution in [0.3, 0.4) is 0 Å². The van der Waals surface area contributed by atoms with Gasteiger partial charge in [0.2, 0.25) is 0 Å². The predicted octanol–water partition coefficient (Wildman–Crippen LogP) is 7.34. The lowest BCUT2D eigenvalue weighted by atomic mass is 9.55. The highest BCUT2D eigenvalue weighted by Crippen LogP contribution is 2.62. The highest BCUT2D eigenvalue weighted by Gasteiger charge is 2.85. The van der Waals surface area contributed by atoms with Crippen LogP contribution in [0.4, 0.5) is 39.5 Å². The largest absolute Gasteiger partial charge is 0.486 e. The van der Waals surface area contributed by atoms with Gasteiger partial charge in [-0.3, -0.25) is 4.79 Å². The van der Waals surface area contributed by atoms with Crippen molar-refractivity contribution >= 4 is 6.29 Å². The molecule has 13 heteroatoms. The van der Waals surface area contributed by atoms with E-state index >= 15 is 0 Å². The summed E-state index contributed by atoms with van der Waals surface area (Å²) in [5.74, 6) is 1.63. The molecule has 40 heavy (non-hydrogen) atoms. The number of hydrogen-bond donors (Lipinski definition) is 0. The van der Waals surface area contributed by atoms with Gasteiger partial charge in [-0.15, -0.1) is 0 Å². The first-order chi connectivity index (χ1) is 18.6. The predicted molar refractivity (Wildman–Crippen MR) is 124 cm³/mol. The SMILES string of the molecule is C[C@]12CC[C@@H]3c4ccc(OCC=O)cc4CC[C@H]3[C@@H]1CC[C@@H]2OCCCOC(C(F)(F)F)(C(F)(F)F)C(F)(F)F. The third kappa shape index (κ3) is 5.32. The molecule has 0 aliphatic heterocycles. The molecule has 0 N–H and O–H groups in total. The summed E-state index contributed by atoms with van der Waals surface area (Å²) in [6.45, 7) is 0.311. The quantitative estimate of drug-likeness (QED) is 0.172. The number of alkyl halides is 9. The van der Waals surface area contributed by atoms with Gasteiger partial charge in [0.1, 0.15) is 12.4 Å². The summed E-state index contributed by atoms with van der Waals surface area (Å²) < 4.78 is 132. The van der Waals surface area contributed by atoms with Gasteiger partial charge in [0.05, 0.1) is 12.7 Å². The van der Waals surface area contributed by atoms with Crippen molar-refractivity contribution in [2.45, 2.75) is 88.0 Å². The number of aryl methyl sites for hydroxylation is 1. The third-order valence-corrected chi connectivity index (χ3v) is 9.05. The van der Waals surface area contributed by atoms with Crippen LogP contribution in [0.2, 0.25) is 0 Å². The van der Waals surface area contributed by atoms with Gasteiger partial charge >= 0.3 is 24.1 Å². The van der Waals surface area contributed by atoms with Crippen LogP contribution >= 0.6 is 0 Å². The van der Waals surface area contributed by atoms with Crippen LogP contribution in [0.25, 0.3) is 0 Å². The molecule has 1 aromatic carbocycles. The average Bonchev–Trinajstić information content (AvgIpc) is 3.18. The molecule has 1 aromatic rings. The Morgan fingerprint density at radius 3 is 2.23 bits per heavy atom. The lowest BCUT2D eigenvalue weighted by Crippen LogP contribution is -2.67. The Kier molecular flexibility index (Phi) is 8.50. The number of carbonyl (C=O) groups excluding carboxylic acids is 1. The number of aldehydes is 1. The number of rotatable bonds is 9. The first kappa shape index (κ1) is 30.9. The molecule has 0 amide bonds. The Morgan fingerprint density at radius 1 is 0.925 bits per heavy atom. The standard InChI is InChI=1S/C27H31F9O4/c1-23-10-9-19-18-6-4-17(38-14-11-37)15-16(18)3-5-20(19)21(23)7-8-22(23)39-12-2-13-40-24(25(28,29)30,26(31,32)33)27(34,35)36/h4,6,11,15,19-22H,2-3,5,7-10,12-14H2,1H3/t19-,20-,21+,22+,23+/m1/s1. The maximum absolute atomic E-state index is 13.0. The van der Waals surface area contributed by atoms with Gasteiger partial charge in [-0.05, 0) is 91.4 Å². The number of fused-ring (bicyclic) bond motifs is 5. The van der Waals surface area contributed by atoms with Gasteiger partial charge in [0.15, 0.2) is 6.29 Å². The molecule has 4 nitrogen and oxygen atoms in total. The summed E-state index contributed by atoms with van der Waals surface area (Å²) in [5, 5.41) is 0. The number of halogens is 9. The summed E-state index contributed by atoms with van der Waals surface area (Å²) in [6, 6.07) is 5.86. The molecule has 2 fully saturated rings. The minimum atomic E-state index is -6.74. The summed E-state index contributed by atoms with van der Waals surface area (Å²) >= 11 is 0. The van der Waals surface area contributed by atoms with Crippen LogP contribution in [0.5, 0.6) is 5.75 Å². The summed E-state index contributed by atoms with van der Waals surface area (Å²) in [6.07, 6.45) is -15.5. The zero-order chi connectivity index (χ0) is 29.6. The Labute approximate surface area is 225 Å². The van der Waals surface area contributed by atoms with Gasteiger partial charge in [-0.1, -0.05) is 13.0 Å². The van der Waals surface area contributed by atoms with Crippen LogP contribution in [0.1, 0.15) is 62.5 Å². The molecular formula is C27H31F9O4. The van der Waals surface area contributed by atoms with Gasteiger partial charge in [-0.25, -0.2) is 0 Å². The topological polar surface area (TPSA) is 44.8 Å².